The van der Waals surface area contributed by atoms with Gasteiger partial charge in [-0.15, -0.1) is 0 Å². The number of aromatic nitrogens is 1. The van der Waals surface area contributed by atoms with Crippen molar-refractivity contribution in [3.63, 3.8) is 0 Å². The molecule has 0 spiro atoms. The van der Waals surface area contributed by atoms with Gasteiger partial charge >= 0.3 is 5.97 Å². The monoisotopic (exact) mass is 447 g/mol. The Labute approximate surface area is 180 Å². The molecular formula is C21H22ClN3O4S. The molecule has 0 fully saturated rings. The molecular weight excluding hydrogens is 426 g/mol. The largest absolute Gasteiger partial charge is 0.458 e. The molecule has 0 radical (unpaired) electrons. The van der Waals surface area contributed by atoms with Gasteiger partial charge in [-0.1, -0.05) is 29.8 Å². The Kier molecular flexibility index (Phi) is 6.38. The van der Waals surface area contributed by atoms with Crippen LogP contribution in [0.25, 0.3) is 0 Å². The number of nitrogens with one attached hydrogen (secondary N) is 1. The molecule has 0 unspecified atom stereocenters. The number of rotatable bonds is 7. The van der Waals surface area contributed by atoms with E-state index in [1.54, 1.807) is 13.8 Å². The average molecular weight is 448 g/mol. The van der Waals surface area contributed by atoms with Crippen molar-refractivity contribution in [2.24, 2.45) is 0 Å². The Balaban J connectivity index is 2.03. The molecule has 2 aromatic carbocycles. The molecule has 0 aliphatic carbocycles. The summed E-state index contributed by atoms with van der Waals surface area (Å²) in [7, 11) is -4.19. The summed E-state index contributed by atoms with van der Waals surface area (Å²) >= 11 is 5.97. The van der Waals surface area contributed by atoms with E-state index in [0.29, 0.717) is 12.1 Å². The summed E-state index contributed by atoms with van der Waals surface area (Å²) in [6, 6.07) is 15.1. The molecule has 0 saturated heterocycles. The Morgan fingerprint density at radius 3 is 2.53 bits per heavy atom. The zero-order valence-corrected chi connectivity index (χ0v) is 18.1. The van der Waals surface area contributed by atoms with E-state index >= 15 is 0 Å². The van der Waals surface area contributed by atoms with Crippen LogP contribution in [-0.2, 0) is 21.3 Å². The molecule has 0 aliphatic heterocycles. The quantitative estimate of drug-likeness (QED) is 0.416. The van der Waals surface area contributed by atoms with Crippen molar-refractivity contribution in [3.8, 4) is 0 Å². The van der Waals surface area contributed by atoms with Gasteiger partial charge in [-0.05, 0) is 55.8 Å². The summed E-state index contributed by atoms with van der Waals surface area (Å²) in [5.74, 6) is -0.750. The van der Waals surface area contributed by atoms with Gasteiger partial charge in [-0.3, -0.25) is 0 Å². The van der Waals surface area contributed by atoms with Crippen LogP contribution in [0.15, 0.2) is 65.7 Å². The number of hydrogen-bond donors (Lipinski definition) is 2. The standard InChI is InChI=1S/C21H22ClN3O4S/c1-14(2)29-21(26)19-10-15(12-24-17-6-4-3-5-7-17)13-25(19)30(27,28)20-11-16(22)8-9-18(20)23/h3-11,13-14,24H,12,23H2,1-2H3. The number of hydrogen-bond acceptors (Lipinski definition) is 6. The van der Waals surface area contributed by atoms with Gasteiger partial charge in [-0.2, -0.15) is 0 Å². The van der Waals surface area contributed by atoms with E-state index in [1.165, 1.54) is 30.5 Å². The summed E-state index contributed by atoms with van der Waals surface area (Å²) in [6.07, 6.45) is 0.966. The second-order valence-electron chi connectivity index (χ2n) is 6.89. The fraction of sp³-hybridized carbons (Fsp3) is 0.190. The highest BCUT2D eigenvalue weighted by Crippen LogP contribution is 2.27. The zero-order valence-electron chi connectivity index (χ0n) is 16.5. The molecule has 3 aromatic rings. The number of halogens is 1. The van der Waals surface area contributed by atoms with Crippen molar-refractivity contribution >= 4 is 39.0 Å². The number of esters is 1. The van der Waals surface area contributed by atoms with Crippen LogP contribution < -0.4 is 11.1 Å². The number of carbonyl (C=O) groups is 1. The highest BCUT2D eigenvalue weighted by molar-refractivity contribution is 7.90. The molecule has 0 amide bonds. The topological polar surface area (TPSA) is 103 Å². The number of nitrogen functional groups attached to an aromatic ring is 1. The lowest BCUT2D eigenvalue weighted by atomic mass is 10.2. The van der Waals surface area contributed by atoms with Gasteiger partial charge in [0, 0.05) is 23.5 Å². The van der Waals surface area contributed by atoms with Gasteiger partial charge in [0.25, 0.3) is 10.0 Å². The van der Waals surface area contributed by atoms with Gasteiger partial charge in [0.05, 0.1) is 11.8 Å². The van der Waals surface area contributed by atoms with Crippen molar-refractivity contribution in [2.75, 3.05) is 11.1 Å². The van der Waals surface area contributed by atoms with Crippen LogP contribution in [0.3, 0.4) is 0 Å². The van der Waals surface area contributed by atoms with Crippen molar-refractivity contribution in [1.29, 1.82) is 0 Å². The van der Waals surface area contributed by atoms with Crippen molar-refractivity contribution in [3.05, 3.63) is 77.1 Å². The first-order valence-corrected chi connectivity index (χ1v) is 11.0. The highest BCUT2D eigenvalue weighted by Gasteiger charge is 2.27. The maximum absolute atomic E-state index is 13.3. The van der Waals surface area contributed by atoms with E-state index in [4.69, 9.17) is 22.1 Å². The fourth-order valence-electron chi connectivity index (χ4n) is 2.81. The molecule has 1 heterocycles. The smallest absolute Gasteiger partial charge is 0.356 e. The lowest BCUT2D eigenvalue weighted by molar-refractivity contribution is 0.0369. The maximum atomic E-state index is 13.3. The first-order chi connectivity index (χ1) is 14.2. The van der Waals surface area contributed by atoms with Crippen molar-refractivity contribution < 1.29 is 17.9 Å². The molecule has 30 heavy (non-hydrogen) atoms. The Morgan fingerprint density at radius 1 is 1.17 bits per heavy atom. The molecule has 7 nitrogen and oxygen atoms in total. The number of nitrogens with two attached hydrogens (primary N) is 1. The number of anilines is 2. The van der Waals surface area contributed by atoms with Crippen LogP contribution in [0.1, 0.15) is 29.9 Å². The molecule has 0 atom stereocenters. The van der Waals surface area contributed by atoms with Gasteiger partial charge < -0.3 is 15.8 Å². The Bertz CT molecular complexity index is 1160. The summed E-state index contributed by atoms with van der Waals surface area (Å²) < 4.78 is 32.7. The average Bonchev–Trinajstić information content (AvgIpc) is 3.14. The summed E-state index contributed by atoms with van der Waals surface area (Å²) in [5.41, 5.74) is 7.23. The van der Waals surface area contributed by atoms with Gasteiger partial charge in [0.2, 0.25) is 0 Å². The maximum Gasteiger partial charge on any atom is 0.356 e. The Hall–Kier alpha value is -2.97. The van der Waals surface area contributed by atoms with Crippen molar-refractivity contribution in [2.45, 2.75) is 31.4 Å². The van der Waals surface area contributed by atoms with Gasteiger partial charge in [0.15, 0.2) is 0 Å². The van der Waals surface area contributed by atoms with Crippen LogP contribution in [-0.4, -0.2) is 24.5 Å². The summed E-state index contributed by atoms with van der Waals surface area (Å²) in [6.45, 7) is 3.68. The lowest BCUT2D eigenvalue weighted by Crippen LogP contribution is -2.21. The fourth-order valence-corrected chi connectivity index (χ4v) is 4.56. The van der Waals surface area contributed by atoms with E-state index in [9.17, 15) is 13.2 Å². The van der Waals surface area contributed by atoms with Crippen LogP contribution in [0.5, 0.6) is 0 Å². The molecule has 9 heteroatoms. The van der Waals surface area contributed by atoms with E-state index in [-0.39, 0.29) is 21.3 Å². The minimum absolute atomic E-state index is 0.0280. The number of carbonyl (C=O) groups excluding carboxylic acids is 1. The number of nitrogens with zero attached hydrogens (tertiary/aromatic N) is 1. The molecule has 0 saturated carbocycles. The summed E-state index contributed by atoms with van der Waals surface area (Å²) in [4.78, 5) is 12.4. The van der Waals surface area contributed by atoms with Crippen LogP contribution in [0, 0.1) is 0 Å². The predicted molar refractivity (Wildman–Crippen MR) is 117 cm³/mol. The van der Waals surface area contributed by atoms with Crippen LogP contribution >= 0.6 is 11.6 Å². The Morgan fingerprint density at radius 2 is 1.87 bits per heavy atom. The van der Waals surface area contributed by atoms with Crippen LogP contribution in [0.2, 0.25) is 5.02 Å². The minimum Gasteiger partial charge on any atom is -0.458 e. The van der Waals surface area contributed by atoms with E-state index < -0.39 is 22.1 Å². The van der Waals surface area contributed by atoms with Gasteiger partial charge in [-0.25, -0.2) is 17.2 Å². The van der Waals surface area contributed by atoms with Crippen LogP contribution in [0.4, 0.5) is 11.4 Å². The molecule has 0 bridgehead atoms. The third-order valence-corrected chi connectivity index (χ3v) is 6.14. The lowest BCUT2D eigenvalue weighted by Gasteiger charge is -2.13. The summed E-state index contributed by atoms with van der Waals surface area (Å²) in [5, 5.41) is 3.40. The van der Waals surface area contributed by atoms with Crippen molar-refractivity contribution in [1.82, 2.24) is 3.97 Å². The molecule has 1 aromatic heterocycles. The van der Waals surface area contributed by atoms with E-state index in [1.807, 2.05) is 30.3 Å². The molecule has 0 aliphatic rings. The first kappa shape index (κ1) is 21.7. The SMILES string of the molecule is CC(C)OC(=O)c1cc(CNc2ccccc2)cn1S(=O)(=O)c1cc(Cl)ccc1N. The third-order valence-electron chi connectivity index (χ3n) is 4.18. The highest BCUT2D eigenvalue weighted by atomic mass is 35.5. The normalized spacial score (nSPS) is 11.5. The van der Waals surface area contributed by atoms with E-state index in [2.05, 4.69) is 5.32 Å². The zero-order chi connectivity index (χ0) is 21.9. The molecule has 158 valence electrons. The third kappa shape index (κ3) is 4.77. The minimum atomic E-state index is -4.19. The molecule has 3 rings (SSSR count). The van der Waals surface area contributed by atoms with E-state index in [0.717, 1.165) is 9.66 Å². The number of benzene rings is 2. The molecule has 3 N–H and O–H groups in total. The predicted octanol–water partition coefficient (Wildman–Crippen LogP) is 4.14. The number of ether oxygens (including phenoxy) is 1. The second-order valence-corrected chi connectivity index (χ2v) is 9.11. The van der Waals surface area contributed by atoms with Gasteiger partial charge in [0.1, 0.15) is 10.6 Å². The second kappa shape index (κ2) is 8.81. The number of para-hydroxylation sites is 1. The first-order valence-electron chi connectivity index (χ1n) is 9.20.